The van der Waals surface area contributed by atoms with E-state index in [1.54, 1.807) is 6.07 Å². The van der Waals surface area contributed by atoms with Crippen LogP contribution in [0.1, 0.15) is 13.8 Å². The topological polar surface area (TPSA) is 73.1 Å². The first kappa shape index (κ1) is 22.5. The SMILES string of the molecule is CCOCCOc1cc(Sc2ccc(Cl)cc2)c(OCCOCC)cc1N=N. The molecule has 0 fully saturated rings. The van der Waals surface area contributed by atoms with Gasteiger partial charge in [0, 0.05) is 35.3 Å². The van der Waals surface area contributed by atoms with Crippen molar-refractivity contribution in [2.24, 2.45) is 5.11 Å². The normalized spacial score (nSPS) is 10.7. The third-order valence-corrected chi connectivity index (χ3v) is 4.86. The van der Waals surface area contributed by atoms with E-state index in [1.165, 1.54) is 11.8 Å². The summed E-state index contributed by atoms with van der Waals surface area (Å²) in [6, 6.07) is 11.1. The Bertz CT molecular complexity index is 744. The Kier molecular flexibility index (Phi) is 10.1. The second kappa shape index (κ2) is 12.6. The Morgan fingerprint density at radius 3 is 2.07 bits per heavy atom. The van der Waals surface area contributed by atoms with Crippen LogP contribution in [0.4, 0.5) is 5.69 Å². The van der Waals surface area contributed by atoms with E-state index in [4.69, 9.17) is 36.1 Å². The number of benzene rings is 2. The summed E-state index contributed by atoms with van der Waals surface area (Å²) in [5.41, 5.74) is 7.87. The number of halogens is 1. The fourth-order valence-corrected chi connectivity index (χ4v) is 3.30. The maximum atomic E-state index is 7.47. The Hall–Kier alpha value is -1.80. The highest BCUT2D eigenvalue weighted by Crippen LogP contribution is 2.42. The van der Waals surface area contributed by atoms with Crippen molar-refractivity contribution in [1.29, 1.82) is 5.53 Å². The fourth-order valence-electron chi connectivity index (χ4n) is 2.27. The van der Waals surface area contributed by atoms with Gasteiger partial charge in [0.2, 0.25) is 0 Å². The zero-order chi connectivity index (χ0) is 20.2. The minimum atomic E-state index is 0.381. The number of nitrogens with zero attached hydrogens (tertiary/aromatic N) is 1. The van der Waals surface area contributed by atoms with Crippen molar-refractivity contribution in [3.8, 4) is 11.5 Å². The van der Waals surface area contributed by atoms with E-state index in [9.17, 15) is 0 Å². The van der Waals surface area contributed by atoms with E-state index in [2.05, 4.69) is 5.11 Å². The van der Waals surface area contributed by atoms with Crippen molar-refractivity contribution in [2.45, 2.75) is 23.6 Å². The maximum absolute atomic E-state index is 7.47. The molecule has 0 spiro atoms. The molecule has 0 radical (unpaired) electrons. The summed E-state index contributed by atoms with van der Waals surface area (Å²) >= 11 is 7.50. The predicted molar refractivity (Wildman–Crippen MR) is 111 cm³/mol. The molecule has 0 heterocycles. The van der Waals surface area contributed by atoms with Crippen molar-refractivity contribution in [3.63, 3.8) is 0 Å². The molecule has 0 aliphatic rings. The van der Waals surface area contributed by atoms with E-state index in [0.717, 1.165) is 9.79 Å². The van der Waals surface area contributed by atoms with E-state index in [1.807, 2.05) is 44.2 Å². The number of hydrogen-bond donors (Lipinski definition) is 1. The number of rotatable bonds is 13. The summed E-state index contributed by atoms with van der Waals surface area (Å²) in [7, 11) is 0. The fraction of sp³-hybridized carbons (Fsp3) is 0.400. The highest BCUT2D eigenvalue weighted by molar-refractivity contribution is 7.99. The first-order valence-corrected chi connectivity index (χ1v) is 10.3. The molecule has 0 bridgehead atoms. The minimum absolute atomic E-state index is 0.381. The van der Waals surface area contributed by atoms with Gasteiger partial charge in [-0.2, -0.15) is 5.11 Å². The Labute approximate surface area is 175 Å². The average Bonchev–Trinajstić information content (AvgIpc) is 2.71. The van der Waals surface area contributed by atoms with Gasteiger partial charge in [-0.1, -0.05) is 23.4 Å². The molecule has 2 rings (SSSR count). The van der Waals surface area contributed by atoms with Gasteiger partial charge in [0.25, 0.3) is 0 Å². The second-order valence-electron chi connectivity index (χ2n) is 5.53. The molecule has 0 atom stereocenters. The third-order valence-electron chi connectivity index (χ3n) is 3.57. The monoisotopic (exact) mass is 424 g/mol. The highest BCUT2D eigenvalue weighted by atomic mass is 35.5. The van der Waals surface area contributed by atoms with Crippen molar-refractivity contribution in [3.05, 3.63) is 41.4 Å². The van der Waals surface area contributed by atoms with E-state index in [0.29, 0.717) is 61.9 Å². The molecule has 1 N–H and O–H groups in total. The zero-order valence-electron chi connectivity index (χ0n) is 16.1. The number of hydrogen-bond acceptors (Lipinski definition) is 7. The lowest BCUT2D eigenvalue weighted by Crippen LogP contribution is -2.08. The lowest BCUT2D eigenvalue weighted by molar-refractivity contribution is 0.108. The Morgan fingerprint density at radius 1 is 0.893 bits per heavy atom. The van der Waals surface area contributed by atoms with Gasteiger partial charge >= 0.3 is 0 Å². The van der Waals surface area contributed by atoms with Crippen molar-refractivity contribution < 1.29 is 18.9 Å². The molecular weight excluding hydrogens is 400 g/mol. The van der Waals surface area contributed by atoms with Crippen LogP contribution in [0.5, 0.6) is 11.5 Å². The molecule has 2 aromatic rings. The number of ether oxygens (including phenoxy) is 4. The first-order valence-electron chi connectivity index (χ1n) is 9.08. The molecule has 0 saturated carbocycles. The van der Waals surface area contributed by atoms with Crippen molar-refractivity contribution in [1.82, 2.24) is 0 Å². The van der Waals surface area contributed by atoms with Crippen LogP contribution in [0.25, 0.3) is 0 Å². The van der Waals surface area contributed by atoms with Crippen LogP contribution in [-0.2, 0) is 9.47 Å². The Morgan fingerprint density at radius 2 is 1.50 bits per heavy atom. The van der Waals surface area contributed by atoms with Gasteiger partial charge in [-0.3, -0.25) is 0 Å². The standard InChI is InChI=1S/C20H25ClN2O4S/c1-3-24-9-11-26-18-14-20(28-16-7-5-15(21)6-8-16)19(13-17(18)23-22)27-12-10-25-4-2/h5-8,13-14,22H,3-4,9-12H2,1-2H3. The quantitative estimate of drug-likeness (QED) is 0.316. The van der Waals surface area contributed by atoms with Gasteiger partial charge in [0.1, 0.15) is 30.4 Å². The van der Waals surface area contributed by atoms with Crippen molar-refractivity contribution in [2.75, 3.05) is 39.6 Å². The summed E-state index contributed by atoms with van der Waals surface area (Å²) in [5.74, 6) is 1.14. The van der Waals surface area contributed by atoms with Gasteiger partial charge in [-0.15, -0.1) is 0 Å². The van der Waals surface area contributed by atoms with Crippen LogP contribution in [0.2, 0.25) is 5.02 Å². The lowest BCUT2D eigenvalue weighted by Gasteiger charge is -2.15. The molecule has 2 aromatic carbocycles. The maximum Gasteiger partial charge on any atom is 0.148 e. The van der Waals surface area contributed by atoms with Gasteiger partial charge < -0.3 is 18.9 Å². The van der Waals surface area contributed by atoms with E-state index in [-0.39, 0.29) is 0 Å². The van der Waals surface area contributed by atoms with E-state index < -0.39 is 0 Å². The molecule has 0 amide bonds. The first-order chi connectivity index (χ1) is 13.7. The summed E-state index contributed by atoms with van der Waals surface area (Å²) in [6.45, 7) is 6.88. The lowest BCUT2D eigenvalue weighted by atomic mass is 10.2. The molecule has 6 nitrogen and oxygen atoms in total. The summed E-state index contributed by atoms with van der Waals surface area (Å²) in [5, 5.41) is 4.26. The summed E-state index contributed by atoms with van der Waals surface area (Å²) in [4.78, 5) is 1.87. The van der Waals surface area contributed by atoms with Crippen LogP contribution >= 0.6 is 23.4 Å². The average molecular weight is 425 g/mol. The molecule has 28 heavy (non-hydrogen) atoms. The van der Waals surface area contributed by atoms with Crippen LogP contribution in [0, 0.1) is 5.53 Å². The largest absolute Gasteiger partial charge is 0.490 e. The highest BCUT2D eigenvalue weighted by Gasteiger charge is 2.14. The third kappa shape index (κ3) is 7.31. The molecule has 0 unspecified atom stereocenters. The molecule has 8 heteroatoms. The predicted octanol–water partition coefficient (Wildman–Crippen LogP) is 5.98. The molecule has 0 aliphatic carbocycles. The van der Waals surface area contributed by atoms with Crippen LogP contribution in [0.3, 0.4) is 0 Å². The molecule has 0 aromatic heterocycles. The number of nitrogens with one attached hydrogen (secondary N) is 1. The van der Waals surface area contributed by atoms with Gasteiger partial charge in [0.05, 0.1) is 18.1 Å². The molecule has 152 valence electrons. The minimum Gasteiger partial charge on any atom is -0.490 e. The van der Waals surface area contributed by atoms with E-state index >= 15 is 0 Å². The Balaban J connectivity index is 2.23. The van der Waals surface area contributed by atoms with Gasteiger partial charge in [-0.25, -0.2) is 5.53 Å². The van der Waals surface area contributed by atoms with Crippen LogP contribution < -0.4 is 9.47 Å². The van der Waals surface area contributed by atoms with Crippen LogP contribution in [-0.4, -0.2) is 39.6 Å². The van der Waals surface area contributed by atoms with Crippen LogP contribution in [0.15, 0.2) is 51.3 Å². The molecule has 0 aliphatic heterocycles. The summed E-state index contributed by atoms with van der Waals surface area (Å²) in [6.07, 6.45) is 0. The smallest absolute Gasteiger partial charge is 0.148 e. The zero-order valence-corrected chi connectivity index (χ0v) is 17.6. The van der Waals surface area contributed by atoms with Gasteiger partial charge in [0.15, 0.2) is 0 Å². The van der Waals surface area contributed by atoms with Crippen molar-refractivity contribution >= 4 is 29.1 Å². The molecular formula is C20H25ClN2O4S. The molecule has 0 saturated heterocycles. The second-order valence-corrected chi connectivity index (χ2v) is 7.08. The van der Waals surface area contributed by atoms with Gasteiger partial charge in [-0.05, 0) is 38.1 Å². The summed E-state index contributed by atoms with van der Waals surface area (Å²) < 4.78 is 22.3.